The van der Waals surface area contributed by atoms with Crippen LogP contribution in [-0.2, 0) is 14.3 Å². The van der Waals surface area contributed by atoms with Crippen LogP contribution in [0.1, 0.15) is 51.9 Å². The van der Waals surface area contributed by atoms with E-state index >= 15 is 0 Å². The quantitative estimate of drug-likeness (QED) is 0.735. The fraction of sp³-hybridized carbons (Fsp3) is 0.867. The van der Waals surface area contributed by atoms with Gasteiger partial charge in [0.2, 0.25) is 5.91 Å². The molecule has 2 fully saturated rings. The Balaban J connectivity index is 1.74. The summed E-state index contributed by atoms with van der Waals surface area (Å²) in [5.41, 5.74) is 0.414. The van der Waals surface area contributed by atoms with Gasteiger partial charge < -0.3 is 9.64 Å². The molecule has 2 rings (SSSR count). The Morgan fingerprint density at radius 1 is 1.32 bits per heavy atom. The zero-order valence-corrected chi connectivity index (χ0v) is 12.1. The van der Waals surface area contributed by atoms with Gasteiger partial charge in [-0.15, -0.1) is 0 Å². The molecule has 1 saturated carbocycles. The molecule has 0 unspecified atom stereocenters. The van der Waals surface area contributed by atoms with Gasteiger partial charge in [-0.3, -0.25) is 9.59 Å². The van der Waals surface area contributed by atoms with Crippen molar-refractivity contribution in [2.75, 3.05) is 20.2 Å². The maximum atomic E-state index is 12.1. The predicted molar refractivity (Wildman–Crippen MR) is 72.5 cm³/mol. The summed E-state index contributed by atoms with van der Waals surface area (Å²) in [6.45, 7) is 4.16. The fourth-order valence-corrected chi connectivity index (χ4v) is 3.66. The lowest BCUT2D eigenvalue weighted by atomic mass is 9.85. The topological polar surface area (TPSA) is 46.6 Å². The Morgan fingerprint density at radius 3 is 2.74 bits per heavy atom. The van der Waals surface area contributed by atoms with Crippen molar-refractivity contribution in [1.82, 2.24) is 4.90 Å². The number of likely N-dealkylation sites (tertiary alicyclic amines) is 1. The number of nitrogens with zero attached hydrogens (tertiary/aromatic N) is 1. The second-order valence-corrected chi connectivity index (χ2v) is 6.34. The lowest BCUT2D eigenvalue weighted by molar-refractivity contribution is -0.140. The van der Waals surface area contributed by atoms with Crippen molar-refractivity contribution in [1.29, 1.82) is 0 Å². The normalized spacial score (nSPS) is 30.0. The second-order valence-electron chi connectivity index (χ2n) is 6.34. The van der Waals surface area contributed by atoms with Crippen molar-refractivity contribution in [3.05, 3.63) is 0 Å². The van der Waals surface area contributed by atoms with Gasteiger partial charge in [-0.2, -0.15) is 0 Å². The van der Waals surface area contributed by atoms with Crippen LogP contribution in [0.15, 0.2) is 0 Å². The smallest absolute Gasteiger partial charge is 0.305 e. The van der Waals surface area contributed by atoms with Crippen molar-refractivity contribution < 1.29 is 14.3 Å². The Kier molecular flexibility index (Phi) is 4.48. The Hall–Kier alpha value is -1.06. The van der Waals surface area contributed by atoms with Crippen LogP contribution < -0.4 is 0 Å². The van der Waals surface area contributed by atoms with Crippen molar-refractivity contribution >= 4 is 11.9 Å². The minimum atomic E-state index is -0.227. The highest BCUT2D eigenvalue weighted by atomic mass is 16.5. The first kappa shape index (κ1) is 14.4. The molecule has 1 saturated heterocycles. The molecule has 19 heavy (non-hydrogen) atoms. The molecule has 1 heterocycles. The molecular formula is C15H25NO3. The third-order valence-electron chi connectivity index (χ3n) is 4.74. The van der Waals surface area contributed by atoms with E-state index in [0.29, 0.717) is 24.7 Å². The Morgan fingerprint density at radius 2 is 2.11 bits per heavy atom. The van der Waals surface area contributed by atoms with Gasteiger partial charge >= 0.3 is 5.97 Å². The minimum absolute atomic E-state index is 0.209. The van der Waals surface area contributed by atoms with Crippen LogP contribution in [-0.4, -0.2) is 37.0 Å². The standard InChI is InChI=1S/C15H25NO3/c1-12-6-7-15(10-12)8-9-16(11-15)13(17)4-3-5-14(18)19-2/h12H,3-11H2,1-2H3/t12-,15-/m0/s1. The third-order valence-corrected chi connectivity index (χ3v) is 4.74. The van der Waals surface area contributed by atoms with E-state index < -0.39 is 0 Å². The third kappa shape index (κ3) is 3.48. The summed E-state index contributed by atoms with van der Waals surface area (Å²) < 4.78 is 4.58. The summed E-state index contributed by atoms with van der Waals surface area (Å²) in [7, 11) is 1.38. The highest BCUT2D eigenvalue weighted by Gasteiger charge is 2.43. The van der Waals surface area contributed by atoms with Gasteiger partial charge in [0.05, 0.1) is 7.11 Å². The highest BCUT2D eigenvalue weighted by molar-refractivity contribution is 5.77. The lowest BCUT2D eigenvalue weighted by Crippen LogP contribution is -2.31. The maximum absolute atomic E-state index is 12.1. The first-order valence-corrected chi connectivity index (χ1v) is 7.39. The van der Waals surface area contributed by atoms with Gasteiger partial charge in [-0.05, 0) is 37.0 Å². The monoisotopic (exact) mass is 267 g/mol. The second kappa shape index (κ2) is 5.93. The van der Waals surface area contributed by atoms with Crippen molar-refractivity contribution in [3.63, 3.8) is 0 Å². The van der Waals surface area contributed by atoms with Gasteiger partial charge in [-0.25, -0.2) is 0 Å². The summed E-state index contributed by atoms with van der Waals surface area (Å²) in [5.74, 6) is 0.796. The molecule has 1 spiro atoms. The molecule has 4 nitrogen and oxygen atoms in total. The molecule has 1 amide bonds. The number of ether oxygens (including phenoxy) is 1. The van der Waals surface area contributed by atoms with Crippen molar-refractivity contribution in [2.45, 2.75) is 51.9 Å². The fourth-order valence-electron chi connectivity index (χ4n) is 3.66. The lowest BCUT2D eigenvalue weighted by Gasteiger charge is -2.24. The summed E-state index contributed by atoms with van der Waals surface area (Å²) in [6.07, 6.45) is 6.45. The minimum Gasteiger partial charge on any atom is -0.469 e. The van der Waals surface area contributed by atoms with Crippen LogP contribution in [0.4, 0.5) is 0 Å². The van der Waals surface area contributed by atoms with E-state index in [0.717, 1.165) is 19.0 Å². The SMILES string of the molecule is COC(=O)CCCC(=O)N1CC[C@]2(CC[C@H](C)C2)C1. The molecule has 0 bridgehead atoms. The van der Waals surface area contributed by atoms with Gasteiger partial charge in [0.1, 0.15) is 0 Å². The molecule has 0 N–H and O–H groups in total. The first-order chi connectivity index (χ1) is 9.04. The number of methoxy groups -OCH3 is 1. The van der Waals surface area contributed by atoms with E-state index in [1.165, 1.54) is 32.8 Å². The zero-order chi connectivity index (χ0) is 13.9. The highest BCUT2D eigenvalue weighted by Crippen LogP contribution is 2.47. The van der Waals surface area contributed by atoms with Crippen LogP contribution in [0.5, 0.6) is 0 Å². The van der Waals surface area contributed by atoms with Gasteiger partial charge in [0.25, 0.3) is 0 Å². The van der Waals surface area contributed by atoms with E-state index in [-0.39, 0.29) is 11.9 Å². The molecule has 2 aliphatic rings. The number of hydrogen-bond acceptors (Lipinski definition) is 3. The van der Waals surface area contributed by atoms with E-state index in [1.54, 1.807) is 0 Å². The average Bonchev–Trinajstić information content (AvgIpc) is 2.96. The van der Waals surface area contributed by atoms with Crippen molar-refractivity contribution in [3.8, 4) is 0 Å². The number of esters is 1. The van der Waals surface area contributed by atoms with Crippen LogP contribution >= 0.6 is 0 Å². The summed E-state index contributed by atoms with van der Waals surface area (Å²) >= 11 is 0. The molecule has 1 aliphatic heterocycles. The number of carbonyl (C=O) groups excluding carboxylic acids is 2. The van der Waals surface area contributed by atoms with Crippen LogP contribution in [0.2, 0.25) is 0 Å². The number of carbonyl (C=O) groups is 2. The van der Waals surface area contributed by atoms with Gasteiger partial charge in [0.15, 0.2) is 0 Å². The van der Waals surface area contributed by atoms with E-state index in [9.17, 15) is 9.59 Å². The van der Waals surface area contributed by atoms with E-state index in [2.05, 4.69) is 11.7 Å². The molecule has 0 aromatic heterocycles. The number of amides is 1. The Bertz CT molecular complexity index is 355. The van der Waals surface area contributed by atoms with Gasteiger partial charge in [-0.1, -0.05) is 13.3 Å². The average molecular weight is 267 g/mol. The summed E-state index contributed by atoms with van der Waals surface area (Å²) in [6, 6.07) is 0. The van der Waals surface area contributed by atoms with Crippen LogP contribution in [0, 0.1) is 11.3 Å². The molecule has 108 valence electrons. The van der Waals surface area contributed by atoms with E-state index in [4.69, 9.17) is 0 Å². The molecule has 0 aromatic rings. The van der Waals surface area contributed by atoms with Gasteiger partial charge in [0, 0.05) is 25.9 Å². The van der Waals surface area contributed by atoms with Crippen LogP contribution in [0.25, 0.3) is 0 Å². The number of hydrogen-bond donors (Lipinski definition) is 0. The van der Waals surface area contributed by atoms with E-state index in [1.807, 2.05) is 4.90 Å². The first-order valence-electron chi connectivity index (χ1n) is 7.39. The largest absolute Gasteiger partial charge is 0.469 e. The Labute approximate surface area is 115 Å². The zero-order valence-electron chi connectivity index (χ0n) is 12.1. The molecule has 2 atom stereocenters. The molecule has 0 aromatic carbocycles. The summed E-state index contributed by atoms with van der Waals surface area (Å²) in [4.78, 5) is 25.1. The molecule has 0 radical (unpaired) electrons. The molecule has 1 aliphatic carbocycles. The summed E-state index contributed by atoms with van der Waals surface area (Å²) in [5, 5.41) is 0. The maximum Gasteiger partial charge on any atom is 0.305 e. The molecule has 4 heteroatoms. The predicted octanol–water partition coefficient (Wildman–Crippen LogP) is 2.37. The van der Waals surface area contributed by atoms with Crippen LogP contribution in [0.3, 0.4) is 0 Å². The van der Waals surface area contributed by atoms with Crippen molar-refractivity contribution in [2.24, 2.45) is 11.3 Å². The number of rotatable bonds is 4. The molecular weight excluding hydrogens is 242 g/mol.